The highest BCUT2D eigenvalue weighted by Gasteiger charge is 2.31. The molecule has 1 aliphatic rings. The summed E-state index contributed by atoms with van der Waals surface area (Å²) in [5.74, 6) is 0.487. The van der Waals surface area contributed by atoms with Crippen LogP contribution in [-0.4, -0.2) is 15.3 Å². The van der Waals surface area contributed by atoms with Crippen LogP contribution >= 0.6 is 15.9 Å². The Morgan fingerprint density at radius 1 is 1.06 bits per heavy atom. The first kappa shape index (κ1) is 10.0. The second kappa shape index (κ2) is 3.29. The highest BCUT2D eigenvalue weighted by molar-refractivity contribution is 9.10. The molecule has 3 aromatic rings. The van der Waals surface area contributed by atoms with E-state index in [1.807, 2.05) is 47.0 Å². The molecule has 0 aliphatic carbocycles. The van der Waals surface area contributed by atoms with Crippen LogP contribution in [0.2, 0.25) is 0 Å². The molecule has 0 spiro atoms. The first-order valence-corrected chi connectivity index (χ1v) is 6.38. The summed E-state index contributed by atoms with van der Waals surface area (Å²) in [7, 11) is 0. The van der Waals surface area contributed by atoms with E-state index in [9.17, 15) is 4.79 Å². The quantitative estimate of drug-likeness (QED) is 0.499. The van der Waals surface area contributed by atoms with Gasteiger partial charge in [-0.15, -0.1) is 0 Å². The third kappa shape index (κ3) is 1.08. The van der Waals surface area contributed by atoms with Gasteiger partial charge in [0.25, 0.3) is 0 Å². The molecule has 4 rings (SSSR count). The fourth-order valence-corrected chi connectivity index (χ4v) is 2.99. The Morgan fingerprint density at radius 3 is 2.78 bits per heavy atom. The second-order valence-electron chi connectivity index (χ2n) is 4.22. The predicted octanol–water partition coefficient (Wildman–Crippen LogP) is 3.33. The number of rotatable bonds is 0. The van der Waals surface area contributed by atoms with Crippen molar-refractivity contribution in [2.24, 2.45) is 0 Å². The summed E-state index contributed by atoms with van der Waals surface area (Å²) >= 11 is 3.51. The number of nitrogens with zero attached hydrogens (tertiary/aromatic N) is 2. The van der Waals surface area contributed by atoms with E-state index in [1.54, 1.807) is 0 Å². The molecule has 86 valence electrons. The number of para-hydroxylation sites is 3. The normalized spacial score (nSPS) is 12.8. The van der Waals surface area contributed by atoms with Crippen LogP contribution in [0.15, 0.2) is 46.9 Å². The minimum absolute atomic E-state index is 0.0116. The van der Waals surface area contributed by atoms with Crippen LogP contribution < -0.4 is 0 Å². The smallest absolute Gasteiger partial charge is 0.231 e. The molecule has 1 aliphatic heterocycles. The van der Waals surface area contributed by atoms with Crippen molar-refractivity contribution in [3.8, 4) is 5.69 Å². The predicted molar refractivity (Wildman–Crippen MR) is 72.2 cm³/mol. The maximum atomic E-state index is 12.3. The number of fused-ring (bicyclic) bond motifs is 5. The minimum Gasteiger partial charge on any atom is -0.288 e. The Hall–Kier alpha value is -1.94. The maximum Gasteiger partial charge on any atom is 0.231 e. The zero-order chi connectivity index (χ0) is 12.3. The van der Waals surface area contributed by atoms with Gasteiger partial charge in [0.05, 0.1) is 22.3 Å². The lowest BCUT2D eigenvalue weighted by Crippen LogP contribution is -1.97. The van der Waals surface area contributed by atoms with Crippen LogP contribution in [0.1, 0.15) is 16.2 Å². The van der Waals surface area contributed by atoms with Gasteiger partial charge in [0, 0.05) is 4.47 Å². The summed E-state index contributed by atoms with van der Waals surface area (Å²) in [6.45, 7) is 0. The summed E-state index contributed by atoms with van der Waals surface area (Å²) in [4.78, 5) is 16.7. The van der Waals surface area contributed by atoms with E-state index >= 15 is 0 Å². The highest BCUT2D eigenvalue weighted by atomic mass is 79.9. The number of hydrogen-bond acceptors (Lipinski definition) is 2. The molecule has 3 nitrogen and oxygen atoms in total. The summed E-state index contributed by atoms with van der Waals surface area (Å²) in [5.41, 5.74) is 3.41. The van der Waals surface area contributed by atoms with Crippen LogP contribution in [0, 0.1) is 0 Å². The molecule has 0 bridgehead atoms. The minimum atomic E-state index is -0.0116. The summed E-state index contributed by atoms with van der Waals surface area (Å²) in [5, 5.41) is 0. The van der Waals surface area contributed by atoms with Gasteiger partial charge in [-0.05, 0) is 40.2 Å². The van der Waals surface area contributed by atoms with Gasteiger partial charge in [0.15, 0.2) is 5.82 Å². The third-order valence-corrected chi connectivity index (χ3v) is 3.86. The van der Waals surface area contributed by atoms with E-state index in [1.165, 1.54) is 0 Å². The first-order chi connectivity index (χ1) is 8.77. The first-order valence-electron chi connectivity index (χ1n) is 5.58. The van der Waals surface area contributed by atoms with Gasteiger partial charge in [-0.1, -0.05) is 18.2 Å². The molecule has 0 unspecified atom stereocenters. The average Bonchev–Trinajstić information content (AvgIpc) is 2.88. The van der Waals surface area contributed by atoms with Crippen LogP contribution in [0.4, 0.5) is 0 Å². The number of carbonyl (C=O) groups excluding carboxylic acids is 1. The van der Waals surface area contributed by atoms with Crippen molar-refractivity contribution in [2.45, 2.75) is 0 Å². The van der Waals surface area contributed by atoms with E-state index in [-0.39, 0.29) is 5.78 Å². The molecule has 2 aromatic carbocycles. The Balaban J connectivity index is 2.23. The van der Waals surface area contributed by atoms with Gasteiger partial charge in [0.1, 0.15) is 0 Å². The van der Waals surface area contributed by atoms with Crippen molar-refractivity contribution in [3.63, 3.8) is 0 Å². The summed E-state index contributed by atoms with van der Waals surface area (Å²) in [6.07, 6.45) is 0. The van der Waals surface area contributed by atoms with E-state index < -0.39 is 0 Å². The van der Waals surface area contributed by atoms with E-state index in [4.69, 9.17) is 0 Å². The lowest BCUT2D eigenvalue weighted by molar-refractivity contribution is 0.103. The number of aromatic nitrogens is 2. The van der Waals surface area contributed by atoms with Crippen molar-refractivity contribution in [1.29, 1.82) is 0 Å². The molecule has 0 N–H and O–H groups in total. The van der Waals surface area contributed by atoms with Gasteiger partial charge >= 0.3 is 0 Å². The molecule has 4 heteroatoms. The monoisotopic (exact) mass is 298 g/mol. The number of carbonyl (C=O) groups is 1. The standard InChI is InChI=1S/C14H7BrN2O/c15-9-5-3-4-8-12(9)17-11-7-2-1-6-10(11)16-14(17)13(8)18/h1-7H. The number of benzene rings is 2. The van der Waals surface area contributed by atoms with Crippen molar-refractivity contribution < 1.29 is 4.79 Å². The molecule has 0 amide bonds. The maximum absolute atomic E-state index is 12.3. The fourth-order valence-electron chi connectivity index (χ4n) is 2.45. The molecule has 0 saturated heterocycles. The Labute approximate surface area is 111 Å². The van der Waals surface area contributed by atoms with Crippen LogP contribution in [-0.2, 0) is 0 Å². The zero-order valence-electron chi connectivity index (χ0n) is 9.22. The fraction of sp³-hybridized carbons (Fsp3) is 0. The lowest BCUT2D eigenvalue weighted by atomic mass is 10.1. The van der Waals surface area contributed by atoms with Gasteiger partial charge in [0.2, 0.25) is 5.78 Å². The highest BCUT2D eigenvalue weighted by Crippen LogP contribution is 2.36. The largest absolute Gasteiger partial charge is 0.288 e. The van der Waals surface area contributed by atoms with E-state index in [0.717, 1.165) is 21.2 Å². The molecule has 0 fully saturated rings. The van der Waals surface area contributed by atoms with Crippen molar-refractivity contribution >= 4 is 32.7 Å². The average molecular weight is 299 g/mol. The molecule has 0 radical (unpaired) electrons. The van der Waals surface area contributed by atoms with Crippen LogP contribution in [0.3, 0.4) is 0 Å². The van der Waals surface area contributed by atoms with Gasteiger partial charge < -0.3 is 0 Å². The molecular weight excluding hydrogens is 292 g/mol. The zero-order valence-corrected chi connectivity index (χ0v) is 10.8. The number of hydrogen-bond donors (Lipinski definition) is 0. The Kier molecular flexibility index (Phi) is 1.84. The van der Waals surface area contributed by atoms with Crippen LogP contribution in [0.5, 0.6) is 0 Å². The van der Waals surface area contributed by atoms with E-state index in [0.29, 0.717) is 11.4 Å². The Bertz CT molecular complexity index is 820. The topological polar surface area (TPSA) is 34.9 Å². The van der Waals surface area contributed by atoms with Crippen molar-refractivity contribution in [2.75, 3.05) is 0 Å². The van der Waals surface area contributed by atoms with Gasteiger partial charge in [-0.2, -0.15) is 0 Å². The molecule has 0 atom stereocenters. The summed E-state index contributed by atoms with van der Waals surface area (Å²) in [6, 6.07) is 13.4. The SMILES string of the molecule is O=C1c2cccc(Br)c2-n2c1nc1ccccc12. The van der Waals surface area contributed by atoms with Gasteiger partial charge in [-0.3, -0.25) is 9.36 Å². The summed E-state index contributed by atoms with van der Waals surface area (Å²) < 4.78 is 2.84. The number of halogens is 1. The van der Waals surface area contributed by atoms with Gasteiger partial charge in [-0.25, -0.2) is 4.98 Å². The number of imidazole rings is 1. The third-order valence-electron chi connectivity index (χ3n) is 3.22. The van der Waals surface area contributed by atoms with Crippen molar-refractivity contribution in [1.82, 2.24) is 9.55 Å². The number of ketones is 1. The van der Waals surface area contributed by atoms with Crippen molar-refractivity contribution in [3.05, 3.63) is 58.3 Å². The molecule has 2 heterocycles. The van der Waals surface area contributed by atoms with Crippen LogP contribution in [0.25, 0.3) is 16.7 Å². The molecule has 18 heavy (non-hydrogen) atoms. The Morgan fingerprint density at radius 2 is 1.89 bits per heavy atom. The molecule has 1 aromatic heterocycles. The molecule has 0 saturated carbocycles. The second-order valence-corrected chi connectivity index (χ2v) is 5.08. The van der Waals surface area contributed by atoms with E-state index in [2.05, 4.69) is 20.9 Å². The molecular formula is C14H7BrN2O. The lowest BCUT2D eigenvalue weighted by Gasteiger charge is -2.04.